The van der Waals surface area contributed by atoms with Crippen LogP contribution in [-0.2, 0) is 9.47 Å². The minimum Gasteiger partial charge on any atom is -0.381 e. The van der Waals surface area contributed by atoms with Crippen molar-refractivity contribution in [2.75, 3.05) is 26.4 Å². The van der Waals surface area contributed by atoms with E-state index < -0.39 is 0 Å². The number of ether oxygens (including phenoxy) is 2. The molecule has 0 bridgehead atoms. The molecule has 0 N–H and O–H groups in total. The van der Waals surface area contributed by atoms with E-state index in [-0.39, 0.29) is 0 Å². The normalized spacial score (nSPS) is 12.1. The van der Waals surface area contributed by atoms with Gasteiger partial charge < -0.3 is 9.47 Å². The van der Waals surface area contributed by atoms with Gasteiger partial charge in [-0.3, -0.25) is 0 Å². The van der Waals surface area contributed by atoms with E-state index in [1.165, 1.54) is 5.57 Å². The van der Waals surface area contributed by atoms with Crippen molar-refractivity contribution in [3.05, 3.63) is 11.6 Å². The van der Waals surface area contributed by atoms with Crippen molar-refractivity contribution in [3.63, 3.8) is 0 Å². The second-order valence-corrected chi connectivity index (χ2v) is 3.49. The Balaban J connectivity index is 3.28. The van der Waals surface area contributed by atoms with E-state index in [1.54, 1.807) is 0 Å². The monoisotopic (exact) mass is 200 g/mol. The minimum atomic E-state index is 0.744. The second kappa shape index (κ2) is 10.7. The van der Waals surface area contributed by atoms with E-state index in [2.05, 4.69) is 26.8 Å². The van der Waals surface area contributed by atoms with Gasteiger partial charge >= 0.3 is 0 Å². The topological polar surface area (TPSA) is 18.5 Å². The smallest absolute Gasteiger partial charge is 0.0649 e. The van der Waals surface area contributed by atoms with Crippen LogP contribution in [0.15, 0.2) is 11.6 Å². The highest BCUT2D eigenvalue weighted by atomic mass is 16.5. The SMILES string of the molecule is CCCOC/C=C(\C)CCOCCC. The lowest BCUT2D eigenvalue weighted by Gasteiger charge is -2.03. The van der Waals surface area contributed by atoms with E-state index in [0.29, 0.717) is 0 Å². The van der Waals surface area contributed by atoms with E-state index >= 15 is 0 Å². The molecular formula is C12H24O2. The Labute approximate surface area is 88.3 Å². The first-order chi connectivity index (χ1) is 6.81. The van der Waals surface area contributed by atoms with Crippen LogP contribution < -0.4 is 0 Å². The van der Waals surface area contributed by atoms with E-state index in [4.69, 9.17) is 9.47 Å². The lowest BCUT2D eigenvalue weighted by atomic mass is 10.2. The van der Waals surface area contributed by atoms with Gasteiger partial charge in [0.25, 0.3) is 0 Å². The summed E-state index contributed by atoms with van der Waals surface area (Å²) in [5.41, 5.74) is 1.36. The van der Waals surface area contributed by atoms with Gasteiger partial charge in [0.2, 0.25) is 0 Å². The molecule has 0 aliphatic heterocycles. The van der Waals surface area contributed by atoms with Crippen LogP contribution in [-0.4, -0.2) is 26.4 Å². The predicted octanol–water partition coefficient (Wildman–Crippen LogP) is 3.18. The molecule has 0 fully saturated rings. The van der Waals surface area contributed by atoms with Crippen LogP contribution in [0.4, 0.5) is 0 Å². The quantitative estimate of drug-likeness (QED) is 0.420. The van der Waals surface area contributed by atoms with Crippen molar-refractivity contribution in [2.24, 2.45) is 0 Å². The van der Waals surface area contributed by atoms with Crippen molar-refractivity contribution in [1.29, 1.82) is 0 Å². The molecule has 0 saturated carbocycles. The van der Waals surface area contributed by atoms with Crippen LogP contribution in [0.1, 0.15) is 40.0 Å². The summed E-state index contributed by atoms with van der Waals surface area (Å²) in [5.74, 6) is 0. The molecule has 14 heavy (non-hydrogen) atoms. The summed E-state index contributed by atoms with van der Waals surface area (Å²) in [6.45, 7) is 9.69. The van der Waals surface area contributed by atoms with Crippen molar-refractivity contribution in [3.8, 4) is 0 Å². The van der Waals surface area contributed by atoms with Gasteiger partial charge in [0.05, 0.1) is 13.2 Å². The third-order valence-electron chi connectivity index (χ3n) is 1.89. The molecule has 0 amide bonds. The second-order valence-electron chi connectivity index (χ2n) is 3.49. The lowest BCUT2D eigenvalue weighted by molar-refractivity contribution is 0.137. The Hall–Kier alpha value is -0.340. The fourth-order valence-electron chi connectivity index (χ4n) is 1.01. The fourth-order valence-corrected chi connectivity index (χ4v) is 1.01. The van der Waals surface area contributed by atoms with Crippen molar-refractivity contribution in [1.82, 2.24) is 0 Å². The van der Waals surface area contributed by atoms with Crippen LogP contribution in [0.5, 0.6) is 0 Å². The molecule has 0 unspecified atom stereocenters. The Morgan fingerprint density at radius 2 is 1.64 bits per heavy atom. The van der Waals surface area contributed by atoms with Gasteiger partial charge in [0.1, 0.15) is 0 Å². The highest BCUT2D eigenvalue weighted by Crippen LogP contribution is 2.00. The Morgan fingerprint density at radius 3 is 2.29 bits per heavy atom. The number of hydrogen-bond donors (Lipinski definition) is 0. The Bertz CT molecular complexity index is 141. The first-order valence-corrected chi connectivity index (χ1v) is 5.62. The molecule has 0 aliphatic carbocycles. The highest BCUT2D eigenvalue weighted by Gasteiger charge is 1.90. The summed E-state index contributed by atoms with van der Waals surface area (Å²) in [7, 11) is 0. The summed E-state index contributed by atoms with van der Waals surface area (Å²) < 4.78 is 10.8. The zero-order chi connectivity index (χ0) is 10.6. The predicted molar refractivity (Wildman–Crippen MR) is 60.6 cm³/mol. The molecule has 0 aromatic rings. The molecule has 0 aromatic carbocycles. The van der Waals surface area contributed by atoms with Gasteiger partial charge in [0, 0.05) is 13.2 Å². The zero-order valence-electron chi connectivity index (χ0n) is 9.84. The largest absolute Gasteiger partial charge is 0.381 e. The van der Waals surface area contributed by atoms with Crippen molar-refractivity contribution < 1.29 is 9.47 Å². The average Bonchev–Trinajstić information content (AvgIpc) is 2.19. The molecule has 0 saturated heterocycles. The summed E-state index contributed by atoms with van der Waals surface area (Å²) in [5, 5.41) is 0. The molecule has 0 radical (unpaired) electrons. The van der Waals surface area contributed by atoms with Gasteiger partial charge in [-0.2, -0.15) is 0 Å². The van der Waals surface area contributed by atoms with Crippen LogP contribution >= 0.6 is 0 Å². The molecule has 0 aliphatic rings. The van der Waals surface area contributed by atoms with Crippen LogP contribution in [0, 0.1) is 0 Å². The number of rotatable bonds is 9. The van der Waals surface area contributed by atoms with Crippen molar-refractivity contribution in [2.45, 2.75) is 40.0 Å². The molecule has 0 rings (SSSR count). The molecule has 2 heteroatoms. The lowest BCUT2D eigenvalue weighted by Crippen LogP contribution is -1.97. The fraction of sp³-hybridized carbons (Fsp3) is 0.833. The maximum absolute atomic E-state index is 5.40. The molecule has 0 aromatic heterocycles. The van der Waals surface area contributed by atoms with E-state index in [0.717, 1.165) is 45.7 Å². The van der Waals surface area contributed by atoms with Gasteiger partial charge in [-0.15, -0.1) is 0 Å². The van der Waals surface area contributed by atoms with Gasteiger partial charge in [-0.25, -0.2) is 0 Å². The third kappa shape index (κ3) is 9.75. The van der Waals surface area contributed by atoms with Crippen LogP contribution in [0.2, 0.25) is 0 Å². The van der Waals surface area contributed by atoms with Crippen molar-refractivity contribution >= 4 is 0 Å². The highest BCUT2D eigenvalue weighted by molar-refractivity contribution is 4.97. The summed E-state index contributed by atoms with van der Waals surface area (Å²) in [6.07, 6.45) is 5.36. The molecule has 0 spiro atoms. The van der Waals surface area contributed by atoms with E-state index in [1.807, 2.05) is 0 Å². The first kappa shape index (κ1) is 13.7. The van der Waals surface area contributed by atoms with Crippen LogP contribution in [0.25, 0.3) is 0 Å². The molecular weight excluding hydrogens is 176 g/mol. The summed E-state index contributed by atoms with van der Waals surface area (Å²) >= 11 is 0. The molecule has 0 heterocycles. The molecule has 0 atom stereocenters. The zero-order valence-corrected chi connectivity index (χ0v) is 9.84. The van der Waals surface area contributed by atoms with Gasteiger partial charge in [0.15, 0.2) is 0 Å². The molecule has 2 nitrogen and oxygen atoms in total. The van der Waals surface area contributed by atoms with E-state index in [9.17, 15) is 0 Å². The standard InChI is InChI=1S/C12H24O2/c1-4-8-13-10-6-12(3)7-11-14-9-5-2/h6H,4-5,7-11H2,1-3H3/b12-6+. The number of hydrogen-bond acceptors (Lipinski definition) is 2. The average molecular weight is 200 g/mol. The minimum absolute atomic E-state index is 0.744. The van der Waals surface area contributed by atoms with Gasteiger partial charge in [-0.05, 0) is 26.2 Å². The Kier molecular flexibility index (Phi) is 10.5. The third-order valence-corrected chi connectivity index (χ3v) is 1.89. The Morgan fingerprint density at radius 1 is 1.00 bits per heavy atom. The summed E-state index contributed by atoms with van der Waals surface area (Å²) in [4.78, 5) is 0. The first-order valence-electron chi connectivity index (χ1n) is 5.62. The maximum Gasteiger partial charge on any atom is 0.0649 e. The summed E-state index contributed by atoms with van der Waals surface area (Å²) in [6, 6.07) is 0. The van der Waals surface area contributed by atoms with Crippen LogP contribution in [0.3, 0.4) is 0 Å². The molecule has 84 valence electrons. The van der Waals surface area contributed by atoms with Gasteiger partial charge in [-0.1, -0.05) is 25.5 Å². The maximum atomic E-state index is 5.40.